The lowest BCUT2D eigenvalue weighted by atomic mass is 10.3. The molecule has 1 heterocycles. The van der Waals surface area contributed by atoms with Crippen molar-refractivity contribution in [1.82, 2.24) is 5.32 Å². The zero-order valence-corrected chi connectivity index (χ0v) is 12.5. The average Bonchev–Trinajstić information content (AvgIpc) is 2.75. The van der Waals surface area contributed by atoms with Gasteiger partial charge >= 0.3 is 0 Å². The maximum Gasteiger partial charge on any atom is 0.122 e. The SMILES string of the molecule is CNCc1ccc(COc2cccc(I)c2)s1. The highest BCUT2D eigenvalue weighted by atomic mass is 127. The molecule has 0 radical (unpaired) electrons. The van der Waals surface area contributed by atoms with Gasteiger partial charge in [-0.1, -0.05) is 6.07 Å². The Balaban J connectivity index is 1.93. The summed E-state index contributed by atoms with van der Waals surface area (Å²) in [6.07, 6.45) is 0. The van der Waals surface area contributed by atoms with Gasteiger partial charge in [0.05, 0.1) is 0 Å². The van der Waals surface area contributed by atoms with Crippen LogP contribution in [-0.4, -0.2) is 7.05 Å². The summed E-state index contributed by atoms with van der Waals surface area (Å²) in [5.41, 5.74) is 0. The first-order valence-electron chi connectivity index (χ1n) is 5.38. The van der Waals surface area contributed by atoms with E-state index in [9.17, 15) is 0 Å². The second kappa shape index (κ2) is 6.37. The van der Waals surface area contributed by atoms with Crippen LogP contribution in [0.1, 0.15) is 9.75 Å². The van der Waals surface area contributed by atoms with Crippen molar-refractivity contribution in [3.63, 3.8) is 0 Å². The van der Waals surface area contributed by atoms with E-state index in [1.54, 1.807) is 11.3 Å². The quantitative estimate of drug-likeness (QED) is 0.823. The third-order valence-corrected chi connectivity index (χ3v) is 3.98. The standard InChI is InChI=1S/C13H14INOS/c1-15-8-12-5-6-13(17-12)9-16-11-4-2-3-10(14)7-11/h2-7,15H,8-9H2,1H3. The van der Waals surface area contributed by atoms with Crippen molar-refractivity contribution in [3.8, 4) is 5.75 Å². The van der Waals surface area contributed by atoms with E-state index in [1.807, 2.05) is 25.2 Å². The predicted octanol–water partition coefficient (Wildman–Crippen LogP) is 3.65. The molecule has 2 nitrogen and oxygen atoms in total. The smallest absolute Gasteiger partial charge is 0.122 e. The Labute approximate surface area is 119 Å². The molecule has 0 aliphatic carbocycles. The zero-order chi connectivity index (χ0) is 12.1. The highest BCUT2D eigenvalue weighted by Gasteiger charge is 2.01. The summed E-state index contributed by atoms with van der Waals surface area (Å²) in [5.74, 6) is 0.931. The van der Waals surface area contributed by atoms with Gasteiger partial charge in [-0.15, -0.1) is 11.3 Å². The van der Waals surface area contributed by atoms with Crippen molar-refractivity contribution in [2.75, 3.05) is 7.05 Å². The molecular weight excluding hydrogens is 345 g/mol. The van der Waals surface area contributed by atoms with Gasteiger partial charge in [0, 0.05) is 19.9 Å². The maximum atomic E-state index is 5.75. The van der Waals surface area contributed by atoms with Gasteiger partial charge in [0.15, 0.2) is 0 Å². The number of hydrogen-bond acceptors (Lipinski definition) is 3. The van der Waals surface area contributed by atoms with Crippen LogP contribution in [-0.2, 0) is 13.2 Å². The molecule has 17 heavy (non-hydrogen) atoms. The molecule has 0 fully saturated rings. The van der Waals surface area contributed by atoms with Crippen LogP contribution in [0.5, 0.6) is 5.75 Å². The molecule has 90 valence electrons. The Morgan fingerprint density at radius 3 is 2.82 bits per heavy atom. The molecule has 0 amide bonds. The monoisotopic (exact) mass is 359 g/mol. The summed E-state index contributed by atoms with van der Waals surface area (Å²) < 4.78 is 6.95. The Morgan fingerprint density at radius 2 is 2.06 bits per heavy atom. The third kappa shape index (κ3) is 3.97. The predicted molar refractivity (Wildman–Crippen MR) is 80.6 cm³/mol. The second-order valence-electron chi connectivity index (χ2n) is 3.64. The number of hydrogen-bond donors (Lipinski definition) is 1. The normalized spacial score (nSPS) is 10.5. The molecule has 0 aliphatic heterocycles. The lowest BCUT2D eigenvalue weighted by Gasteiger charge is -2.04. The van der Waals surface area contributed by atoms with Crippen LogP contribution in [0.2, 0.25) is 0 Å². The molecule has 0 saturated heterocycles. The van der Waals surface area contributed by atoms with Crippen LogP contribution < -0.4 is 10.1 Å². The lowest BCUT2D eigenvalue weighted by Crippen LogP contribution is -2.02. The van der Waals surface area contributed by atoms with Gasteiger partial charge in [-0.05, 0) is 60.0 Å². The van der Waals surface area contributed by atoms with E-state index in [4.69, 9.17) is 4.74 Å². The van der Waals surface area contributed by atoms with Gasteiger partial charge in [0.1, 0.15) is 12.4 Å². The van der Waals surface area contributed by atoms with Crippen molar-refractivity contribution >= 4 is 33.9 Å². The summed E-state index contributed by atoms with van der Waals surface area (Å²) in [5, 5.41) is 3.15. The Morgan fingerprint density at radius 1 is 1.24 bits per heavy atom. The lowest BCUT2D eigenvalue weighted by molar-refractivity contribution is 0.309. The zero-order valence-electron chi connectivity index (χ0n) is 9.57. The molecule has 4 heteroatoms. The van der Waals surface area contributed by atoms with Crippen LogP contribution >= 0.6 is 33.9 Å². The molecule has 2 aromatic rings. The molecular formula is C13H14INOS. The van der Waals surface area contributed by atoms with Crippen LogP contribution in [0, 0.1) is 3.57 Å². The van der Waals surface area contributed by atoms with Crippen LogP contribution in [0.3, 0.4) is 0 Å². The average molecular weight is 359 g/mol. The minimum atomic E-state index is 0.647. The first-order chi connectivity index (χ1) is 8.28. The fourth-order valence-electron chi connectivity index (χ4n) is 1.48. The van der Waals surface area contributed by atoms with E-state index in [0.717, 1.165) is 12.3 Å². The van der Waals surface area contributed by atoms with E-state index >= 15 is 0 Å². The fourth-order valence-corrected chi connectivity index (χ4v) is 2.94. The van der Waals surface area contributed by atoms with Gasteiger partial charge in [-0.3, -0.25) is 0 Å². The van der Waals surface area contributed by atoms with Gasteiger partial charge in [0.25, 0.3) is 0 Å². The molecule has 1 N–H and O–H groups in total. The summed E-state index contributed by atoms with van der Waals surface area (Å²) >= 11 is 4.08. The topological polar surface area (TPSA) is 21.3 Å². The number of rotatable bonds is 5. The van der Waals surface area contributed by atoms with Crippen molar-refractivity contribution in [1.29, 1.82) is 0 Å². The van der Waals surface area contributed by atoms with Crippen molar-refractivity contribution < 1.29 is 4.74 Å². The molecule has 0 atom stereocenters. The highest BCUT2D eigenvalue weighted by molar-refractivity contribution is 14.1. The van der Waals surface area contributed by atoms with E-state index in [1.165, 1.54) is 13.3 Å². The number of nitrogens with one attached hydrogen (secondary N) is 1. The van der Waals surface area contributed by atoms with Crippen molar-refractivity contribution in [3.05, 3.63) is 49.7 Å². The molecule has 1 aromatic carbocycles. The molecule has 0 saturated carbocycles. The first-order valence-corrected chi connectivity index (χ1v) is 7.28. The maximum absolute atomic E-state index is 5.75. The number of thiophene rings is 1. The number of halogens is 1. The van der Waals surface area contributed by atoms with Crippen LogP contribution in [0.4, 0.5) is 0 Å². The van der Waals surface area contributed by atoms with Gasteiger partial charge in [-0.25, -0.2) is 0 Å². The minimum Gasteiger partial charge on any atom is -0.488 e. The Kier molecular flexibility index (Phi) is 4.82. The number of benzene rings is 1. The molecule has 2 rings (SSSR count). The van der Waals surface area contributed by atoms with Crippen molar-refractivity contribution in [2.24, 2.45) is 0 Å². The van der Waals surface area contributed by atoms with Gasteiger partial charge in [-0.2, -0.15) is 0 Å². The molecule has 0 bridgehead atoms. The first kappa shape index (κ1) is 12.9. The van der Waals surface area contributed by atoms with E-state index in [-0.39, 0.29) is 0 Å². The van der Waals surface area contributed by atoms with Crippen molar-refractivity contribution in [2.45, 2.75) is 13.2 Å². The summed E-state index contributed by atoms with van der Waals surface area (Å²) in [6, 6.07) is 12.4. The Hall–Kier alpha value is -0.590. The molecule has 0 unspecified atom stereocenters. The van der Waals surface area contributed by atoms with Gasteiger partial charge in [0.2, 0.25) is 0 Å². The molecule has 1 aromatic heterocycles. The number of ether oxygens (including phenoxy) is 1. The summed E-state index contributed by atoms with van der Waals surface area (Å²) in [4.78, 5) is 2.60. The summed E-state index contributed by atoms with van der Waals surface area (Å²) in [6.45, 7) is 1.57. The second-order valence-corrected chi connectivity index (χ2v) is 6.14. The van der Waals surface area contributed by atoms with Crippen LogP contribution in [0.15, 0.2) is 36.4 Å². The molecule has 0 spiro atoms. The third-order valence-electron chi connectivity index (χ3n) is 2.25. The van der Waals surface area contributed by atoms with E-state index < -0.39 is 0 Å². The van der Waals surface area contributed by atoms with Crippen LogP contribution in [0.25, 0.3) is 0 Å². The summed E-state index contributed by atoms with van der Waals surface area (Å²) in [7, 11) is 1.96. The molecule has 0 aliphatic rings. The van der Waals surface area contributed by atoms with E-state index in [0.29, 0.717) is 6.61 Å². The van der Waals surface area contributed by atoms with E-state index in [2.05, 4.69) is 46.1 Å². The van der Waals surface area contributed by atoms with Gasteiger partial charge < -0.3 is 10.1 Å². The highest BCUT2D eigenvalue weighted by Crippen LogP contribution is 2.20. The Bertz CT molecular complexity index is 484. The fraction of sp³-hybridized carbons (Fsp3) is 0.231. The minimum absolute atomic E-state index is 0.647. The largest absolute Gasteiger partial charge is 0.488 e.